The number of nitriles is 1. The third-order valence-corrected chi connectivity index (χ3v) is 4.85. The smallest absolute Gasteiger partial charge is 0.266 e. The molecule has 0 aromatic heterocycles. The van der Waals surface area contributed by atoms with E-state index in [4.69, 9.17) is 9.47 Å². The summed E-state index contributed by atoms with van der Waals surface area (Å²) in [5, 5.41) is 12.2. The van der Waals surface area contributed by atoms with Crippen LogP contribution < -0.4 is 14.8 Å². The molecule has 0 fully saturated rings. The van der Waals surface area contributed by atoms with Crippen molar-refractivity contribution in [2.75, 3.05) is 12.4 Å². The molecule has 3 aromatic rings. The summed E-state index contributed by atoms with van der Waals surface area (Å²) in [6.07, 6.45) is 1.52. The van der Waals surface area contributed by atoms with Gasteiger partial charge in [-0.2, -0.15) is 5.26 Å². The van der Waals surface area contributed by atoms with Crippen LogP contribution in [0.3, 0.4) is 0 Å². The van der Waals surface area contributed by atoms with E-state index in [2.05, 4.69) is 27.9 Å². The van der Waals surface area contributed by atoms with Crippen LogP contribution in [0.15, 0.2) is 78.4 Å². The van der Waals surface area contributed by atoms with Crippen LogP contribution in [-0.4, -0.2) is 13.0 Å². The van der Waals surface area contributed by atoms with E-state index in [0.717, 1.165) is 9.13 Å². The number of benzene rings is 3. The Morgan fingerprint density at radius 1 is 1.07 bits per heavy atom. The highest BCUT2D eigenvalue weighted by Crippen LogP contribution is 2.29. The van der Waals surface area contributed by atoms with Crippen molar-refractivity contribution < 1.29 is 14.3 Å². The van der Waals surface area contributed by atoms with Gasteiger partial charge in [-0.1, -0.05) is 42.5 Å². The zero-order valence-corrected chi connectivity index (χ0v) is 18.4. The van der Waals surface area contributed by atoms with Crippen molar-refractivity contribution >= 4 is 40.3 Å². The third kappa shape index (κ3) is 5.84. The summed E-state index contributed by atoms with van der Waals surface area (Å²) in [5.41, 5.74) is 2.33. The molecule has 6 heteroatoms. The van der Waals surface area contributed by atoms with Gasteiger partial charge in [0.05, 0.1) is 7.11 Å². The lowest BCUT2D eigenvalue weighted by molar-refractivity contribution is -0.112. The van der Waals surface area contributed by atoms with Gasteiger partial charge >= 0.3 is 0 Å². The van der Waals surface area contributed by atoms with E-state index in [-0.39, 0.29) is 5.57 Å². The van der Waals surface area contributed by atoms with Crippen LogP contribution in [0, 0.1) is 14.9 Å². The van der Waals surface area contributed by atoms with E-state index in [0.29, 0.717) is 29.4 Å². The number of nitrogens with zero attached hydrogens (tertiary/aromatic N) is 1. The fraction of sp³-hybridized carbons (Fsp3) is 0.0833. The minimum absolute atomic E-state index is 0.00568. The molecule has 0 saturated carbocycles. The molecule has 0 heterocycles. The quantitative estimate of drug-likeness (QED) is 0.262. The number of anilines is 1. The van der Waals surface area contributed by atoms with Crippen molar-refractivity contribution in [2.24, 2.45) is 0 Å². The van der Waals surface area contributed by atoms with Crippen molar-refractivity contribution in [3.63, 3.8) is 0 Å². The van der Waals surface area contributed by atoms with Crippen molar-refractivity contribution in [2.45, 2.75) is 6.61 Å². The fourth-order valence-electron chi connectivity index (χ4n) is 2.71. The number of halogens is 1. The maximum absolute atomic E-state index is 12.5. The zero-order chi connectivity index (χ0) is 21.3. The minimum Gasteiger partial charge on any atom is -0.493 e. The van der Waals surface area contributed by atoms with E-state index in [1.165, 1.54) is 6.08 Å². The molecular weight excluding hydrogens is 491 g/mol. The molecule has 0 radical (unpaired) electrons. The van der Waals surface area contributed by atoms with Crippen molar-refractivity contribution in [3.8, 4) is 17.6 Å². The summed E-state index contributed by atoms with van der Waals surface area (Å²) in [7, 11) is 1.55. The SMILES string of the molecule is COc1cc(/C=C(\C#N)C(=O)Nc2cccc(I)c2)ccc1OCc1ccccc1. The summed E-state index contributed by atoms with van der Waals surface area (Å²) in [6, 6.07) is 24.4. The molecule has 0 aliphatic carbocycles. The first-order valence-electron chi connectivity index (χ1n) is 9.12. The Morgan fingerprint density at radius 2 is 1.87 bits per heavy atom. The highest BCUT2D eigenvalue weighted by Gasteiger charge is 2.11. The highest BCUT2D eigenvalue weighted by atomic mass is 127. The lowest BCUT2D eigenvalue weighted by Gasteiger charge is -2.11. The first kappa shape index (κ1) is 21.4. The molecule has 1 N–H and O–H groups in total. The largest absolute Gasteiger partial charge is 0.493 e. The third-order valence-electron chi connectivity index (χ3n) is 4.18. The lowest BCUT2D eigenvalue weighted by atomic mass is 10.1. The molecule has 0 bridgehead atoms. The number of carbonyl (C=O) groups excluding carboxylic acids is 1. The van der Waals surface area contributed by atoms with Crippen LogP contribution >= 0.6 is 22.6 Å². The molecule has 0 atom stereocenters. The van der Waals surface area contributed by atoms with Crippen molar-refractivity contribution in [1.29, 1.82) is 5.26 Å². The van der Waals surface area contributed by atoms with Crippen LogP contribution in [0.25, 0.3) is 6.08 Å². The number of nitrogens with one attached hydrogen (secondary N) is 1. The van der Waals surface area contributed by atoms with Gasteiger partial charge in [-0.15, -0.1) is 0 Å². The van der Waals surface area contributed by atoms with Gasteiger partial charge in [0.15, 0.2) is 11.5 Å². The van der Waals surface area contributed by atoms with Crippen LogP contribution in [0.5, 0.6) is 11.5 Å². The number of amides is 1. The molecule has 1 amide bonds. The molecular formula is C24H19IN2O3. The van der Waals surface area contributed by atoms with Gasteiger partial charge in [0.1, 0.15) is 18.2 Å². The maximum atomic E-state index is 12.5. The van der Waals surface area contributed by atoms with Gasteiger partial charge < -0.3 is 14.8 Å². The molecule has 0 unspecified atom stereocenters. The second-order valence-electron chi connectivity index (χ2n) is 6.32. The molecule has 150 valence electrons. The summed E-state index contributed by atoms with van der Waals surface area (Å²) < 4.78 is 12.3. The van der Waals surface area contributed by atoms with Gasteiger partial charge in [-0.3, -0.25) is 4.79 Å². The summed E-state index contributed by atoms with van der Waals surface area (Å²) in [4.78, 5) is 12.5. The Kier molecular flexibility index (Phi) is 7.46. The Bertz CT molecular complexity index is 1100. The number of ether oxygens (including phenoxy) is 2. The van der Waals surface area contributed by atoms with Crippen molar-refractivity contribution in [3.05, 3.63) is 93.1 Å². The Hall–Kier alpha value is -3.31. The summed E-state index contributed by atoms with van der Waals surface area (Å²) in [6.45, 7) is 0.411. The van der Waals surface area contributed by atoms with Gasteiger partial charge in [0, 0.05) is 9.26 Å². The van der Waals surface area contributed by atoms with Gasteiger partial charge in [-0.05, 0) is 70.1 Å². The highest BCUT2D eigenvalue weighted by molar-refractivity contribution is 14.1. The normalized spacial score (nSPS) is 10.8. The van der Waals surface area contributed by atoms with Crippen LogP contribution in [0.2, 0.25) is 0 Å². The number of hydrogen-bond acceptors (Lipinski definition) is 4. The number of hydrogen-bond donors (Lipinski definition) is 1. The topological polar surface area (TPSA) is 71.3 Å². The molecule has 0 aliphatic heterocycles. The Labute approximate surface area is 189 Å². The van der Waals surface area contributed by atoms with Gasteiger partial charge in [-0.25, -0.2) is 0 Å². The van der Waals surface area contributed by atoms with E-state index in [1.54, 1.807) is 31.4 Å². The second kappa shape index (κ2) is 10.5. The molecule has 0 spiro atoms. The molecule has 30 heavy (non-hydrogen) atoms. The van der Waals surface area contributed by atoms with Gasteiger partial charge in [0.25, 0.3) is 5.91 Å². The average molecular weight is 510 g/mol. The average Bonchev–Trinajstić information content (AvgIpc) is 2.77. The molecule has 0 aliphatic rings. The minimum atomic E-state index is -0.470. The Balaban J connectivity index is 1.75. The van der Waals surface area contributed by atoms with Crippen LogP contribution in [0.4, 0.5) is 5.69 Å². The zero-order valence-electron chi connectivity index (χ0n) is 16.3. The van der Waals surface area contributed by atoms with Crippen LogP contribution in [0.1, 0.15) is 11.1 Å². The van der Waals surface area contributed by atoms with E-state index in [1.807, 2.05) is 54.6 Å². The summed E-state index contributed by atoms with van der Waals surface area (Å²) >= 11 is 2.16. The first-order valence-corrected chi connectivity index (χ1v) is 10.2. The summed E-state index contributed by atoms with van der Waals surface area (Å²) in [5.74, 6) is 0.637. The molecule has 3 aromatic carbocycles. The molecule has 5 nitrogen and oxygen atoms in total. The van der Waals surface area contributed by atoms with E-state index >= 15 is 0 Å². The number of rotatable bonds is 7. The standard InChI is InChI=1S/C24H19IN2O3/c1-29-23-13-18(10-11-22(23)30-16-17-6-3-2-4-7-17)12-19(15-26)24(28)27-21-9-5-8-20(25)14-21/h2-14H,16H2,1H3,(H,27,28)/b19-12+. The fourth-order valence-corrected chi connectivity index (χ4v) is 3.25. The maximum Gasteiger partial charge on any atom is 0.266 e. The predicted molar refractivity (Wildman–Crippen MR) is 125 cm³/mol. The number of carbonyl (C=O) groups is 1. The predicted octanol–water partition coefficient (Wildman–Crippen LogP) is 5.42. The van der Waals surface area contributed by atoms with E-state index in [9.17, 15) is 10.1 Å². The van der Waals surface area contributed by atoms with E-state index < -0.39 is 5.91 Å². The lowest BCUT2D eigenvalue weighted by Crippen LogP contribution is -2.13. The molecule has 3 rings (SSSR count). The monoisotopic (exact) mass is 510 g/mol. The second-order valence-corrected chi connectivity index (χ2v) is 7.56. The Morgan fingerprint density at radius 3 is 2.57 bits per heavy atom. The number of methoxy groups -OCH3 is 1. The van der Waals surface area contributed by atoms with Crippen molar-refractivity contribution in [1.82, 2.24) is 0 Å². The van der Waals surface area contributed by atoms with Crippen LogP contribution in [-0.2, 0) is 11.4 Å². The molecule has 0 saturated heterocycles. The first-order chi connectivity index (χ1) is 14.6. The van der Waals surface area contributed by atoms with Gasteiger partial charge in [0.2, 0.25) is 0 Å².